The average Bonchev–Trinajstić information content (AvgIpc) is 3.28. The first kappa shape index (κ1) is 17.8. The Morgan fingerprint density at radius 3 is 2.67 bits per heavy atom. The van der Waals surface area contributed by atoms with Crippen LogP contribution in [0.15, 0.2) is 17.4 Å². The lowest BCUT2D eigenvalue weighted by molar-refractivity contribution is 0.467. The summed E-state index contributed by atoms with van der Waals surface area (Å²) in [4.78, 5) is 7.18. The van der Waals surface area contributed by atoms with E-state index in [0.29, 0.717) is 18.6 Å². The minimum Gasteiger partial charge on any atom is -0.367 e. The molecular weight excluding hydrogens is 342 g/mol. The molecule has 1 unspecified atom stereocenters. The second-order valence-corrected chi connectivity index (χ2v) is 7.61. The number of nitrogens with one attached hydrogen (secondary N) is 2. The maximum absolute atomic E-state index is 4.78. The topological polar surface area (TPSA) is 88.2 Å². The van der Waals surface area contributed by atoms with Crippen LogP contribution in [-0.4, -0.2) is 55.7 Å². The number of guanidine groups is 1. The fourth-order valence-electron chi connectivity index (χ4n) is 3.39. The SMILES string of the molecule is Cc1nnc(CN=C(NC2CC2)NC2CCCN(c3cnn(C)c3)C2)n1C. The summed E-state index contributed by atoms with van der Waals surface area (Å²) in [6, 6.07) is 0.917. The van der Waals surface area contributed by atoms with E-state index >= 15 is 0 Å². The quantitative estimate of drug-likeness (QED) is 0.595. The summed E-state index contributed by atoms with van der Waals surface area (Å²) in [5.41, 5.74) is 1.19. The van der Waals surface area contributed by atoms with Gasteiger partial charge in [0.1, 0.15) is 12.4 Å². The molecule has 0 radical (unpaired) electrons. The highest BCUT2D eigenvalue weighted by atomic mass is 15.3. The van der Waals surface area contributed by atoms with Gasteiger partial charge in [0.15, 0.2) is 11.8 Å². The summed E-state index contributed by atoms with van der Waals surface area (Å²) < 4.78 is 3.85. The second-order valence-electron chi connectivity index (χ2n) is 7.61. The number of nitrogens with zero attached hydrogens (tertiary/aromatic N) is 7. The minimum absolute atomic E-state index is 0.366. The molecular formula is C18H29N9. The molecule has 1 atom stereocenters. The van der Waals surface area contributed by atoms with Crippen LogP contribution in [0.4, 0.5) is 5.69 Å². The molecule has 4 rings (SSSR count). The highest BCUT2D eigenvalue weighted by Gasteiger charge is 2.26. The van der Waals surface area contributed by atoms with E-state index in [1.807, 2.05) is 36.5 Å². The van der Waals surface area contributed by atoms with Gasteiger partial charge in [-0.1, -0.05) is 0 Å². The molecule has 1 saturated carbocycles. The van der Waals surface area contributed by atoms with Crippen molar-refractivity contribution in [2.75, 3.05) is 18.0 Å². The van der Waals surface area contributed by atoms with Crippen LogP contribution in [0.2, 0.25) is 0 Å². The summed E-state index contributed by atoms with van der Waals surface area (Å²) in [7, 11) is 3.94. The van der Waals surface area contributed by atoms with Crippen LogP contribution in [-0.2, 0) is 20.6 Å². The molecule has 0 amide bonds. The molecule has 0 aromatic carbocycles. The van der Waals surface area contributed by atoms with Gasteiger partial charge in [-0.25, -0.2) is 4.99 Å². The van der Waals surface area contributed by atoms with Gasteiger partial charge in [-0.3, -0.25) is 4.68 Å². The van der Waals surface area contributed by atoms with Crippen molar-refractivity contribution in [2.45, 2.75) is 51.2 Å². The van der Waals surface area contributed by atoms with Gasteiger partial charge in [0.25, 0.3) is 0 Å². The number of hydrogen-bond acceptors (Lipinski definition) is 5. The summed E-state index contributed by atoms with van der Waals surface area (Å²) in [5, 5.41) is 19.8. The normalized spacial score (nSPS) is 20.8. The Hall–Kier alpha value is -2.58. The lowest BCUT2D eigenvalue weighted by atomic mass is 10.1. The van der Waals surface area contributed by atoms with Crippen molar-refractivity contribution in [3.8, 4) is 0 Å². The molecule has 27 heavy (non-hydrogen) atoms. The van der Waals surface area contributed by atoms with E-state index in [9.17, 15) is 0 Å². The van der Waals surface area contributed by atoms with Crippen molar-refractivity contribution in [2.24, 2.45) is 19.1 Å². The van der Waals surface area contributed by atoms with Gasteiger partial charge in [0.05, 0.1) is 11.9 Å². The number of piperidine rings is 1. The van der Waals surface area contributed by atoms with E-state index in [4.69, 9.17) is 4.99 Å². The summed E-state index contributed by atoms with van der Waals surface area (Å²) in [6.45, 7) is 4.51. The molecule has 0 bridgehead atoms. The molecule has 146 valence electrons. The van der Waals surface area contributed by atoms with Crippen LogP contribution < -0.4 is 15.5 Å². The molecule has 1 aliphatic heterocycles. The zero-order chi connectivity index (χ0) is 18.8. The van der Waals surface area contributed by atoms with Gasteiger partial charge >= 0.3 is 0 Å². The standard InChI is InChI=1S/C18H29N9/c1-13-23-24-17(26(13)3)10-19-18(21-14-6-7-14)22-15-5-4-8-27(11-15)16-9-20-25(2)12-16/h9,12,14-15H,4-8,10-11H2,1-3H3,(H2,19,21,22). The second kappa shape index (κ2) is 7.58. The fraction of sp³-hybridized carbons (Fsp3) is 0.667. The Morgan fingerprint density at radius 1 is 1.19 bits per heavy atom. The average molecular weight is 371 g/mol. The summed E-state index contributed by atoms with van der Waals surface area (Å²) in [6.07, 6.45) is 8.76. The van der Waals surface area contributed by atoms with E-state index in [-0.39, 0.29) is 0 Å². The van der Waals surface area contributed by atoms with Crippen molar-refractivity contribution in [3.63, 3.8) is 0 Å². The van der Waals surface area contributed by atoms with Crippen LogP contribution in [0.3, 0.4) is 0 Å². The molecule has 9 nitrogen and oxygen atoms in total. The molecule has 2 aromatic rings. The van der Waals surface area contributed by atoms with Crippen molar-refractivity contribution in [1.29, 1.82) is 0 Å². The van der Waals surface area contributed by atoms with Crippen molar-refractivity contribution in [1.82, 2.24) is 35.2 Å². The first-order valence-electron chi connectivity index (χ1n) is 9.74. The molecule has 0 spiro atoms. The fourth-order valence-corrected chi connectivity index (χ4v) is 3.39. The van der Waals surface area contributed by atoms with Crippen molar-refractivity contribution < 1.29 is 0 Å². The van der Waals surface area contributed by atoms with E-state index in [0.717, 1.165) is 43.5 Å². The van der Waals surface area contributed by atoms with Gasteiger partial charge in [0, 0.05) is 45.5 Å². The summed E-state index contributed by atoms with van der Waals surface area (Å²) >= 11 is 0. The maximum Gasteiger partial charge on any atom is 0.192 e. The zero-order valence-electron chi connectivity index (χ0n) is 16.4. The summed E-state index contributed by atoms with van der Waals surface area (Å²) in [5.74, 6) is 2.67. The lowest BCUT2D eigenvalue weighted by Crippen LogP contribution is -2.51. The highest BCUT2D eigenvalue weighted by Crippen LogP contribution is 2.20. The number of anilines is 1. The van der Waals surface area contributed by atoms with Crippen LogP contribution in [0.5, 0.6) is 0 Å². The number of hydrogen-bond donors (Lipinski definition) is 2. The van der Waals surface area contributed by atoms with Crippen LogP contribution in [0.25, 0.3) is 0 Å². The third-order valence-electron chi connectivity index (χ3n) is 5.30. The van der Waals surface area contributed by atoms with Crippen molar-refractivity contribution in [3.05, 3.63) is 24.0 Å². The van der Waals surface area contributed by atoms with Crippen molar-refractivity contribution >= 4 is 11.6 Å². The Kier molecular flexibility index (Phi) is 5.00. The predicted octanol–water partition coefficient (Wildman–Crippen LogP) is 0.724. The van der Waals surface area contributed by atoms with E-state index < -0.39 is 0 Å². The highest BCUT2D eigenvalue weighted by molar-refractivity contribution is 5.80. The van der Waals surface area contributed by atoms with Gasteiger partial charge < -0.3 is 20.1 Å². The molecule has 2 aromatic heterocycles. The molecule has 1 aliphatic carbocycles. The molecule has 1 saturated heterocycles. The van der Waals surface area contributed by atoms with E-state index in [2.05, 4.69) is 37.0 Å². The zero-order valence-corrected chi connectivity index (χ0v) is 16.4. The first-order chi connectivity index (χ1) is 13.1. The number of aryl methyl sites for hydroxylation is 2. The van der Waals surface area contributed by atoms with Gasteiger partial charge in [-0.2, -0.15) is 5.10 Å². The van der Waals surface area contributed by atoms with E-state index in [1.54, 1.807) is 0 Å². The number of aromatic nitrogens is 5. The number of rotatable bonds is 5. The maximum atomic E-state index is 4.78. The first-order valence-corrected chi connectivity index (χ1v) is 9.74. The smallest absolute Gasteiger partial charge is 0.192 e. The molecule has 2 N–H and O–H groups in total. The molecule has 3 heterocycles. The Morgan fingerprint density at radius 2 is 2.00 bits per heavy atom. The Balaban J connectivity index is 1.41. The monoisotopic (exact) mass is 371 g/mol. The predicted molar refractivity (Wildman–Crippen MR) is 105 cm³/mol. The van der Waals surface area contributed by atoms with Gasteiger partial charge in [-0.05, 0) is 32.6 Å². The molecule has 2 fully saturated rings. The lowest BCUT2D eigenvalue weighted by Gasteiger charge is -2.34. The third kappa shape index (κ3) is 4.40. The Bertz CT molecular complexity index is 802. The largest absolute Gasteiger partial charge is 0.367 e. The van der Waals surface area contributed by atoms with Crippen LogP contribution in [0, 0.1) is 6.92 Å². The van der Waals surface area contributed by atoms with Crippen LogP contribution >= 0.6 is 0 Å². The number of aliphatic imine (C=N–C) groups is 1. The third-order valence-corrected chi connectivity index (χ3v) is 5.30. The van der Waals surface area contributed by atoms with Gasteiger partial charge in [0.2, 0.25) is 0 Å². The molecule has 2 aliphatic rings. The van der Waals surface area contributed by atoms with Gasteiger partial charge in [-0.15, -0.1) is 10.2 Å². The molecule has 9 heteroatoms. The van der Waals surface area contributed by atoms with E-state index in [1.165, 1.54) is 18.5 Å². The van der Waals surface area contributed by atoms with Crippen LogP contribution in [0.1, 0.15) is 37.3 Å². The minimum atomic E-state index is 0.366. The Labute approximate surface area is 159 Å².